The van der Waals surface area contributed by atoms with E-state index in [2.05, 4.69) is 4.52 Å². The van der Waals surface area contributed by atoms with Crippen LogP contribution in [-0.2, 0) is 22.7 Å². The minimum atomic E-state index is -4.78. The number of halogens is 1. The van der Waals surface area contributed by atoms with Crippen molar-refractivity contribution in [2.75, 3.05) is 13.2 Å². The van der Waals surface area contributed by atoms with Gasteiger partial charge in [0.05, 0.1) is 18.8 Å². The van der Waals surface area contributed by atoms with Crippen LogP contribution < -0.4 is 0 Å². The first-order chi connectivity index (χ1) is 10.9. The van der Waals surface area contributed by atoms with E-state index < -0.39 is 41.2 Å². The van der Waals surface area contributed by atoms with Crippen LogP contribution in [0.25, 0.3) is 0 Å². The van der Waals surface area contributed by atoms with Gasteiger partial charge in [-0.05, 0) is 25.7 Å². The maximum atomic E-state index is 13.3. The fourth-order valence-electron chi connectivity index (χ4n) is 1.86. The van der Waals surface area contributed by atoms with E-state index in [1.807, 2.05) is 13.8 Å². The molecule has 0 rings (SSSR count). The predicted molar refractivity (Wildman–Crippen MR) is 89.6 cm³/mol. The molecule has 0 saturated carbocycles. The largest absolute Gasteiger partial charge is 0.472 e. The van der Waals surface area contributed by atoms with E-state index in [0.29, 0.717) is 12.3 Å². The average molecular weight is 392 g/mol. The van der Waals surface area contributed by atoms with Crippen molar-refractivity contribution >= 4 is 23.2 Å². The molecule has 8 nitrogen and oxygen atoms in total. The number of hydrogen-bond donors (Lipinski definition) is 3. The lowest BCUT2D eigenvalue weighted by atomic mass is 9.70. The van der Waals surface area contributed by atoms with Gasteiger partial charge in [0, 0.05) is 5.82 Å². The number of phosphoric acid groups is 2. The lowest BCUT2D eigenvalue weighted by Gasteiger charge is -2.35. The molecule has 0 heterocycles. The summed E-state index contributed by atoms with van der Waals surface area (Å²) in [4.78, 5) is 27.3. The Labute approximate surface area is 143 Å². The molecule has 4 unspecified atom stereocenters. The van der Waals surface area contributed by atoms with E-state index in [4.69, 9.17) is 18.8 Å². The van der Waals surface area contributed by atoms with Gasteiger partial charge in [-0.15, -0.1) is 0 Å². The monoisotopic (exact) mass is 392 g/mol. The van der Waals surface area contributed by atoms with E-state index in [-0.39, 0.29) is 13.0 Å². The van der Waals surface area contributed by atoms with Gasteiger partial charge in [-0.25, -0.2) is 9.13 Å². The molecule has 0 aromatic rings. The quantitative estimate of drug-likeness (QED) is 0.323. The molecule has 0 radical (unpaired) electrons. The summed E-state index contributed by atoms with van der Waals surface area (Å²) < 4.78 is 50.5. The Morgan fingerprint density at radius 1 is 1.21 bits per heavy atom. The zero-order valence-electron chi connectivity index (χ0n) is 14.6. The molecule has 0 aliphatic rings. The van der Waals surface area contributed by atoms with Gasteiger partial charge in [0.2, 0.25) is 0 Å². The normalized spacial score (nSPS) is 20.0. The fourth-order valence-corrected chi connectivity index (χ4v) is 3.43. The van der Waals surface area contributed by atoms with E-state index in [9.17, 15) is 18.3 Å². The summed E-state index contributed by atoms with van der Waals surface area (Å²) >= 11 is 0. The zero-order valence-corrected chi connectivity index (χ0v) is 16.3. The Morgan fingerprint density at radius 2 is 1.79 bits per heavy atom. The van der Waals surface area contributed by atoms with Gasteiger partial charge in [-0.3, -0.25) is 13.6 Å². The molecule has 0 spiro atoms. The van der Waals surface area contributed by atoms with Crippen molar-refractivity contribution in [2.24, 2.45) is 5.92 Å². The summed E-state index contributed by atoms with van der Waals surface area (Å²) in [5, 5.41) is 0. The van der Waals surface area contributed by atoms with Crippen LogP contribution in [0.1, 0.15) is 47.0 Å². The van der Waals surface area contributed by atoms with Crippen LogP contribution in [0.15, 0.2) is 0 Å². The topological polar surface area (TPSA) is 123 Å². The van der Waals surface area contributed by atoms with E-state index in [0.717, 1.165) is 6.42 Å². The van der Waals surface area contributed by atoms with Crippen molar-refractivity contribution in [3.8, 4) is 0 Å². The summed E-state index contributed by atoms with van der Waals surface area (Å²) in [5.74, 6) is -0.827. The molecule has 0 amide bonds. The zero-order chi connectivity index (χ0) is 19.0. The molecule has 0 saturated heterocycles. The molecule has 24 heavy (non-hydrogen) atoms. The fraction of sp³-hybridized carbons (Fsp3) is 1.00. The van der Waals surface area contributed by atoms with Crippen molar-refractivity contribution < 1.29 is 41.7 Å². The van der Waals surface area contributed by atoms with Gasteiger partial charge in [0.1, 0.15) is 0 Å². The molecular formula is C12H28BFO8P2. The van der Waals surface area contributed by atoms with Crippen molar-refractivity contribution in [1.29, 1.82) is 0 Å². The predicted octanol–water partition coefficient (Wildman–Crippen LogP) is 2.94. The van der Waals surface area contributed by atoms with E-state index in [1.165, 1.54) is 6.92 Å². The number of phosphoric ester groups is 2. The van der Waals surface area contributed by atoms with Gasteiger partial charge in [-0.1, -0.05) is 27.2 Å². The molecular weight excluding hydrogens is 364 g/mol. The van der Waals surface area contributed by atoms with Crippen LogP contribution in [0.2, 0.25) is 5.82 Å². The average Bonchev–Trinajstić information content (AvgIpc) is 2.45. The molecule has 3 N–H and O–H groups in total. The van der Waals surface area contributed by atoms with Gasteiger partial charge >= 0.3 is 23.2 Å². The highest BCUT2D eigenvalue weighted by Gasteiger charge is 2.42. The summed E-state index contributed by atoms with van der Waals surface area (Å²) in [6, 6.07) is 0. The summed E-state index contributed by atoms with van der Waals surface area (Å²) in [7, 11) is -10.3. The molecule has 0 aliphatic heterocycles. The molecule has 0 bridgehead atoms. The Morgan fingerprint density at radius 3 is 2.21 bits per heavy atom. The van der Waals surface area contributed by atoms with Crippen LogP contribution in [0.4, 0.5) is 4.32 Å². The lowest BCUT2D eigenvalue weighted by molar-refractivity contribution is 0.0123. The highest BCUT2D eigenvalue weighted by atomic mass is 31.2. The molecule has 0 fully saturated rings. The van der Waals surface area contributed by atoms with Crippen molar-refractivity contribution in [2.45, 2.75) is 58.4 Å². The van der Waals surface area contributed by atoms with Crippen LogP contribution >= 0.6 is 15.6 Å². The van der Waals surface area contributed by atoms with Gasteiger partial charge in [-0.2, -0.15) is 0 Å². The van der Waals surface area contributed by atoms with Crippen molar-refractivity contribution in [3.63, 3.8) is 0 Å². The smallest absolute Gasteiger partial charge is 0.341 e. The van der Waals surface area contributed by atoms with Crippen LogP contribution in [-0.4, -0.2) is 41.1 Å². The third-order valence-electron chi connectivity index (χ3n) is 4.08. The highest BCUT2D eigenvalue weighted by Crippen LogP contribution is 2.52. The third-order valence-corrected chi connectivity index (χ3v) is 5.72. The second-order valence-corrected chi connectivity index (χ2v) is 8.62. The minimum absolute atomic E-state index is 0.0157. The summed E-state index contributed by atoms with van der Waals surface area (Å²) in [5.41, 5.74) is -1.48. The van der Waals surface area contributed by atoms with Crippen LogP contribution in [0.3, 0.4) is 0 Å². The molecule has 0 aliphatic carbocycles. The molecule has 0 aromatic heterocycles. The SMILES string of the molecule is CCC(C)CCOP(=O)(O)OC(C)(CC)C(BF)COP(=O)(O)O. The van der Waals surface area contributed by atoms with Crippen LogP contribution in [0, 0.1) is 5.92 Å². The summed E-state index contributed by atoms with van der Waals surface area (Å²) in [6.07, 6.45) is 1.59. The Hall–Kier alpha value is 0.215. The Bertz CT molecular complexity index is 462. The van der Waals surface area contributed by atoms with Crippen molar-refractivity contribution in [1.82, 2.24) is 0 Å². The lowest BCUT2D eigenvalue weighted by Crippen LogP contribution is -2.37. The Kier molecular flexibility index (Phi) is 10.5. The summed E-state index contributed by atoms with van der Waals surface area (Å²) in [6.45, 7) is 6.29. The maximum absolute atomic E-state index is 13.3. The van der Waals surface area contributed by atoms with Gasteiger partial charge in [0.15, 0.2) is 0 Å². The molecule has 144 valence electrons. The number of rotatable bonds is 13. The third kappa shape index (κ3) is 9.63. The second kappa shape index (κ2) is 10.4. The molecule has 4 atom stereocenters. The van der Waals surface area contributed by atoms with Gasteiger partial charge in [0.25, 0.3) is 0 Å². The van der Waals surface area contributed by atoms with E-state index >= 15 is 0 Å². The number of hydrogen-bond acceptors (Lipinski definition) is 5. The van der Waals surface area contributed by atoms with Crippen molar-refractivity contribution in [3.05, 3.63) is 0 Å². The first kappa shape index (κ1) is 24.2. The first-order valence-electron chi connectivity index (χ1n) is 7.83. The van der Waals surface area contributed by atoms with Crippen LogP contribution in [0.5, 0.6) is 0 Å². The molecule has 12 heteroatoms. The highest BCUT2D eigenvalue weighted by molar-refractivity contribution is 7.47. The first-order valence-corrected chi connectivity index (χ1v) is 10.9. The minimum Gasteiger partial charge on any atom is -0.341 e. The maximum Gasteiger partial charge on any atom is 0.472 e. The standard InChI is InChI=1S/C12H28BFO8P2/c1-5-10(3)7-8-20-24(18,19)22-12(4,6-2)11(13-14)9-21-23(15,16)17/h10-11,13H,5-9H2,1-4H3,(H,18,19)(H2,15,16,17). The molecule has 0 aromatic carbocycles. The second-order valence-electron chi connectivity index (χ2n) is 6.00. The van der Waals surface area contributed by atoms with Gasteiger partial charge < -0.3 is 19.0 Å². The Balaban J connectivity index is 4.86. The van der Waals surface area contributed by atoms with E-state index in [1.54, 1.807) is 6.92 Å².